The molecule has 2 rings (SSSR count). The van der Waals surface area contributed by atoms with Gasteiger partial charge in [-0.1, -0.05) is 6.07 Å². The van der Waals surface area contributed by atoms with Crippen molar-refractivity contribution in [2.24, 2.45) is 0 Å². The van der Waals surface area contributed by atoms with Gasteiger partial charge < -0.3 is 19.5 Å². The number of carboxylic acids is 1. The first-order valence-electron chi connectivity index (χ1n) is 6.76. The van der Waals surface area contributed by atoms with Crippen LogP contribution in [0.1, 0.15) is 23.3 Å². The number of pyridine rings is 1. The van der Waals surface area contributed by atoms with Crippen molar-refractivity contribution >= 4 is 11.8 Å². The van der Waals surface area contributed by atoms with Crippen molar-refractivity contribution in [3.8, 4) is 0 Å². The predicted octanol–water partition coefficient (Wildman–Crippen LogP) is 1.41. The van der Waals surface area contributed by atoms with Crippen LogP contribution >= 0.6 is 0 Å². The highest BCUT2D eigenvalue weighted by atomic mass is 16.5. The normalized spacial score (nSPS) is 19.1. The maximum absolute atomic E-state index is 11.0. The van der Waals surface area contributed by atoms with Crippen LogP contribution in [0, 0.1) is 0 Å². The quantitative estimate of drug-likeness (QED) is 0.794. The lowest BCUT2D eigenvalue weighted by Gasteiger charge is -2.33. The molecule has 1 fully saturated rings. The summed E-state index contributed by atoms with van der Waals surface area (Å²) in [6.45, 7) is 2.78. The monoisotopic (exact) mass is 280 g/mol. The molecule has 0 amide bonds. The topological polar surface area (TPSA) is 71.9 Å². The highest BCUT2D eigenvalue weighted by molar-refractivity contribution is 5.85. The van der Waals surface area contributed by atoms with E-state index in [1.165, 1.54) is 6.07 Å². The molecule has 0 bridgehead atoms. The number of hydrogen-bond acceptors (Lipinski definition) is 5. The van der Waals surface area contributed by atoms with Crippen LogP contribution in [0.3, 0.4) is 0 Å². The van der Waals surface area contributed by atoms with Gasteiger partial charge in [0.05, 0.1) is 19.3 Å². The van der Waals surface area contributed by atoms with Gasteiger partial charge in [0.25, 0.3) is 0 Å². The minimum absolute atomic E-state index is 0.0740. The van der Waals surface area contributed by atoms with Crippen molar-refractivity contribution in [3.05, 3.63) is 23.9 Å². The molecule has 110 valence electrons. The number of anilines is 1. The van der Waals surface area contributed by atoms with E-state index in [1.54, 1.807) is 13.2 Å². The molecule has 1 aliphatic rings. The third-order valence-corrected chi connectivity index (χ3v) is 3.30. The van der Waals surface area contributed by atoms with Gasteiger partial charge in [0.1, 0.15) is 5.82 Å². The Bertz CT molecular complexity index is 453. The third-order valence-electron chi connectivity index (χ3n) is 3.30. The molecule has 1 unspecified atom stereocenters. The zero-order chi connectivity index (χ0) is 14.4. The highest BCUT2D eigenvalue weighted by Gasteiger charge is 2.21. The molecular weight excluding hydrogens is 260 g/mol. The molecule has 20 heavy (non-hydrogen) atoms. The number of aromatic nitrogens is 1. The number of ether oxygens (including phenoxy) is 2. The fourth-order valence-electron chi connectivity index (χ4n) is 2.30. The molecule has 6 nitrogen and oxygen atoms in total. The summed E-state index contributed by atoms with van der Waals surface area (Å²) in [4.78, 5) is 17.2. The highest BCUT2D eigenvalue weighted by Crippen LogP contribution is 2.19. The van der Waals surface area contributed by atoms with Gasteiger partial charge in [-0.3, -0.25) is 0 Å². The van der Waals surface area contributed by atoms with Gasteiger partial charge in [0, 0.05) is 20.2 Å². The Morgan fingerprint density at radius 1 is 1.50 bits per heavy atom. The van der Waals surface area contributed by atoms with E-state index in [9.17, 15) is 4.79 Å². The summed E-state index contributed by atoms with van der Waals surface area (Å²) in [6.07, 6.45) is 2.17. The van der Waals surface area contributed by atoms with Crippen LogP contribution in [0.15, 0.2) is 18.2 Å². The fourth-order valence-corrected chi connectivity index (χ4v) is 2.30. The molecule has 6 heteroatoms. The van der Waals surface area contributed by atoms with E-state index in [0.717, 1.165) is 25.9 Å². The van der Waals surface area contributed by atoms with Crippen LogP contribution in [-0.4, -0.2) is 55.6 Å². The van der Waals surface area contributed by atoms with E-state index >= 15 is 0 Å². The van der Waals surface area contributed by atoms with Crippen molar-refractivity contribution < 1.29 is 19.4 Å². The molecule has 1 atom stereocenters. The zero-order valence-electron chi connectivity index (χ0n) is 11.6. The Balaban J connectivity index is 1.97. The van der Waals surface area contributed by atoms with Crippen LogP contribution < -0.4 is 4.90 Å². The smallest absolute Gasteiger partial charge is 0.354 e. The second kappa shape index (κ2) is 7.21. The van der Waals surface area contributed by atoms with Crippen LogP contribution in [0.4, 0.5) is 5.82 Å². The lowest BCUT2D eigenvalue weighted by molar-refractivity contribution is 0.0110. The van der Waals surface area contributed by atoms with E-state index < -0.39 is 5.97 Å². The average molecular weight is 280 g/mol. The van der Waals surface area contributed by atoms with Gasteiger partial charge in [-0.25, -0.2) is 9.78 Å². The van der Waals surface area contributed by atoms with Crippen molar-refractivity contribution in [1.29, 1.82) is 0 Å². The number of rotatable bonds is 6. The molecule has 1 aromatic rings. The third kappa shape index (κ3) is 3.91. The van der Waals surface area contributed by atoms with Gasteiger partial charge in [-0.2, -0.15) is 0 Å². The summed E-state index contributed by atoms with van der Waals surface area (Å²) in [5.41, 5.74) is 0.0740. The summed E-state index contributed by atoms with van der Waals surface area (Å²) >= 11 is 0. The summed E-state index contributed by atoms with van der Waals surface area (Å²) < 4.78 is 10.7. The van der Waals surface area contributed by atoms with Crippen LogP contribution in [0.2, 0.25) is 0 Å². The maximum Gasteiger partial charge on any atom is 0.354 e. The molecular formula is C14H20N2O4. The molecule has 2 heterocycles. The minimum atomic E-state index is -1.00. The number of methoxy groups -OCH3 is 1. The lowest BCUT2D eigenvalue weighted by atomic mass is 10.1. The summed E-state index contributed by atoms with van der Waals surface area (Å²) in [5, 5.41) is 8.98. The predicted molar refractivity (Wildman–Crippen MR) is 74.3 cm³/mol. The van der Waals surface area contributed by atoms with E-state index in [1.807, 2.05) is 6.07 Å². The van der Waals surface area contributed by atoms with E-state index in [-0.39, 0.29) is 11.8 Å². The van der Waals surface area contributed by atoms with Crippen LogP contribution in [0.25, 0.3) is 0 Å². The molecule has 0 spiro atoms. The fraction of sp³-hybridized carbons (Fsp3) is 0.571. The summed E-state index contributed by atoms with van der Waals surface area (Å²) in [6, 6.07) is 5.06. The van der Waals surface area contributed by atoms with Crippen molar-refractivity contribution in [3.63, 3.8) is 0 Å². The second-order valence-corrected chi connectivity index (χ2v) is 4.76. The Hall–Kier alpha value is -1.66. The second-order valence-electron chi connectivity index (χ2n) is 4.76. The molecule has 0 radical (unpaired) electrons. The Labute approximate surface area is 118 Å². The first kappa shape index (κ1) is 14.7. The lowest BCUT2D eigenvalue weighted by Crippen LogP contribution is -2.40. The number of piperidine rings is 1. The number of nitrogens with zero attached hydrogens (tertiary/aromatic N) is 2. The summed E-state index contributed by atoms with van der Waals surface area (Å²) in [5.74, 6) is -0.304. The first-order valence-corrected chi connectivity index (χ1v) is 6.76. The van der Waals surface area contributed by atoms with Gasteiger partial charge in [-0.15, -0.1) is 0 Å². The first-order chi connectivity index (χ1) is 9.70. The SMILES string of the molecule is COCCOC1CCCN(c2cccc(C(=O)O)n2)C1. The van der Waals surface area contributed by atoms with Gasteiger partial charge in [0.2, 0.25) is 0 Å². The largest absolute Gasteiger partial charge is 0.477 e. The molecule has 0 aromatic carbocycles. The van der Waals surface area contributed by atoms with Gasteiger partial charge in [-0.05, 0) is 25.0 Å². The maximum atomic E-state index is 11.0. The van der Waals surface area contributed by atoms with E-state index in [4.69, 9.17) is 14.6 Å². The Morgan fingerprint density at radius 3 is 3.10 bits per heavy atom. The van der Waals surface area contributed by atoms with Gasteiger partial charge in [0.15, 0.2) is 5.69 Å². The van der Waals surface area contributed by atoms with Crippen molar-refractivity contribution in [2.75, 3.05) is 38.3 Å². The average Bonchev–Trinajstić information content (AvgIpc) is 2.48. The molecule has 1 aromatic heterocycles. The summed E-state index contributed by atoms with van der Waals surface area (Å²) in [7, 11) is 1.65. The standard InChI is InChI=1S/C14H20N2O4/c1-19-8-9-20-11-4-3-7-16(10-11)13-6-2-5-12(15-13)14(17)18/h2,5-6,11H,3-4,7-10H2,1H3,(H,17,18). The van der Waals surface area contributed by atoms with E-state index in [0.29, 0.717) is 19.0 Å². The Morgan fingerprint density at radius 2 is 2.35 bits per heavy atom. The van der Waals surface area contributed by atoms with Crippen LogP contribution in [-0.2, 0) is 9.47 Å². The molecule has 1 N–H and O–H groups in total. The minimum Gasteiger partial charge on any atom is -0.477 e. The molecule has 0 aliphatic carbocycles. The zero-order valence-corrected chi connectivity index (χ0v) is 11.6. The number of aromatic carboxylic acids is 1. The molecule has 0 saturated carbocycles. The number of carbonyl (C=O) groups is 1. The molecule has 1 aliphatic heterocycles. The van der Waals surface area contributed by atoms with Gasteiger partial charge >= 0.3 is 5.97 Å². The van der Waals surface area contributed by atoms with Crippen molar-refractivity contribution in [1.82, 2.24) is 4.98 Å². The number of hydrogen-bond donors (Lipinski definition) is 1. The van der Waals surface area contributed by atoms with Crippen LogP contribution in [0.5, 0.6) is 0 Å². The van der Waals surface area contributed by atoms with Crippen molar-refractivity contribution in [2.45, 2.75) is 18.9 Å². The number of carboxylic acid groups (broad SMARTS) is 1. The molecule has 1 saturated heterocycles. The van der Waals surface area contributed by atoms with E-state index in [2.05, 4.69) is 9.88 Å². The Kier molecular flexibility index (Phi) is 5.31.